The summed E-state index contributed by atoms with van der Waals surface area (Å²) in [6, 6.07) is 2.70. The molecule has 1 heterocycles. The molecule has 1 N–H and O–H groups in total. The van der Waals surface area contributed by atoms with Crippen LogP contribution in [0.3, 0.4) is 0 Å². The van der Waals surface area contributed by atoms with Gasteiger partial charge >= 0.3 is 0 Å². The van der Waals surface area contributed by atoms with Crippen molar-refractivity contribution in [2.75, 3.05) is 6.54 Å². The first-order chi connectivity index (χ1) is 8.63. The molecule has 2 atom stereocenters. The summed E-state index contributed by atoms with van der Waals surface area (Å²) < 4.78 is 2.05. The SMILES string of the molecule is CCCNC(c1cc(CC)nn1C)C(C)CCC. The molecule has 0 spiro atoms. The van der Waals surface area contributed by atoms with E-state index in [0.717, 1.165) is 13.0 Å². The fourth-order valence-electron chi connectivity index (χ4n) is 2.53. The van der Waals surface area contributed by atoms with Gasteiger partial charge in [0.25, 0.3) is 0 Å². The molecule has 0 saturated heterocycles. The highest BCUT2D eigenvalue weighted by Crippen LogP contribution is 2.26. The van der Waals surface area contributed by atoms with Gasteiger partial charge in [-0.05, 0) is 37.8 Å². The molecular formula is C15H29N3. The molecule has 1 aromatic rings. The van der Waals surface area contributed by atoms with E-state index in [-0.39, 0.29) is 0 Å². The monoisotopic (exact) mass is 251 g/mol. The number of nitrogens with zero attached hydrogens (tertiary/aromatic N) is 2. The van der Waals surface area contributed by atoms with Crippen LogP contribution in [0.4, 0.5) is 0 Å². The minimum Gasteiger partial charge on any atom is -0.308 e. The second kappa shape index (κ2) is 7.57. The van der Waals surface area contributed by atoms with E-state index < -0.39 is 0 Å². The Morgan fingerprint density at radius 1 is 1.28 bits per heavy atom. The summed E-state index contributed by atoms with van der Waals surface area (Å²) in [4.78, 5) is 0. The standard InChI is InChI=1S/C15H29N3/c1-6-9-12(4)15(16-10-7-2)14-11-13(8-3)17-18(14)5/h11-12,15-16H,6-10H2,1-5H3. The van der Waals surface area contributed by atoms with Gasteiger partial charge in [-0.1, -0.05) is 34.1 Å². The van der Waals surface area contributed by atoms with Gasteiger partial charge in [0.1, 0.15) is 0 Å². The largest absolute Gasteiger partial charge is 0.308 e. The molecule has 1 aromatic heterocycles. The predicted molar refractivity (Wildman–Crippen MR) is 77.7 cm³/mol. The van der Waals surface area contributed by atoms with E-state index in [1.165, 1.54) is 30.7 Å². The normalized spacial score (nSPS) is 14.7. The number of nitrogens with one attached hydrogen (secondary N) is 1. The van der Waals surface area contributed by atoms with Gasteiger partial charge in [-0.3, -0.25) is 4.68 Å². The van der Waals surface area contributed by atoms with E-state index in [2.05, 4.69) is 55.9 Å². The summed E-state index contributed by atoms with van der Waals surface area (Å²) in [6.07, 6.45) is 4.68. The Kier molecular flexibility index (Phi) is 6.41. The molecule has 2 unspecified atom stereocenters. The molecule has 0 aromatic carbocycles. The van der Waals surface area contributed by atoms with Gasteiger partial charge in [0.2, 0.25) is 0 Å². The van der Waals surface area contributed by atoms with Crippen LogP contribution >= 0.6 is 0 Å². The zero-order chi connectivity index (χ0) is 13.5. The number of hydrogen-bond donors (Lipinski definition) is 1. The van der Waals surface area contributed by atoms with Gasteiger partial charge < -0.3 is 5.32 Å². The Balaban J connectivity index is 2.88. The molecule has 3 nitrogen and oxygen atoms in total. The van der Waals surface area contributed by atoms with E-state index >= 15 is 0 Å². The summed E-state index contributed by atoms with van der Waals surface area (Å²) >= 11 is 0. The average Bonchev–Trinajstić information content (AvgIpc) is 2.72. The summed E-state index contributed by atoms with van der Waals surface area (Å²) in [5.74, 6) is 0.654. The van der Waals surface area contributed by atoms with Crippen molar-refractivity contribution in [3.8, 4) is 0 Å². The van der Waals surface area contributed by atoms with Crippen LogP contribution in [0.15, 0.2) is 6.07 Å². The maximum absolute atomic E-state index is 4.58. The fraction of sp³-hybridized carbons (Fsp3) is 0.800. The molecule has 0 saturated carbocycles. The lowest BCUT2D eigenvalue weighted by Gasteiger charge is -2.25. The molecule has 3 heteroatoms. The van der Waals surface area contributed by atoms with Crippen LogP contribution in [0.25, 0.3) is 0 Å². The Labute approximate surface area is 112 Å². The minimum absolute atomic E-state index is 0.433. The molecule has 1 rings (SSSR count). The van der Waals surface area contributed by atoms with Crippen LogP contribution < -0.4 is 5.32 Å². The third kappa shape index (κ3) is 3.84. The van der Waals surface area contributed by atoms with Crippen LogP contribution in [0, 0.1) is 5.92 Å². The quantitative estimate of drug-likeness (QED) is 0.767. The van der Waals surface area contributed by atoms with Crippen LogP contribution in [0.5, 0.6) is 0 Å². The van der Waals surface area contributed by atoms with Gasteiger partial charge in [-0.2, -0.15) is 5.10 Å². The van der Waals surface area contributed by atoms with Crippen molar-refractivity contribution in [3.63, 3.8) is 0 Å². The van der Waals surface area contributed by atoms with Crippen molar-refractivity contribution < 1.29 is 0 Å². The van der Waals surface area contributed by atoms with Crippen molar-refractivity contribution in [1.82, 2.24) is 15.1 Å². The van der Waals surface area contributed by atoms with Gasteiger partial charge in [-0.25, -0.2) is 0 Å². The Bertz CT molecular complexity index is 344. The molecule has 0 amide bonds. The van der Waals surface area contributed by atoms with Gasteiger partial charge in [0.05, 0.1) is 17.4 Å². The number of aryl methyl sites for hydroxylation is 2. The molecular weight excluding hydrogens is 222 g/mol. The van der Waals surface area contributed by atoms with Crippen molar-refractivity contribution in [2.24, 2.45) is 13.0 Å². The molecule has 0 aliphatic rings. The van der Waals surface area contributed by atoms with E-state index in [1.807, 2.05) is 0 Å². The van der Waals surface area contributed by atoms with Crippen molar-refractivity contribution in [2.45, 2.75) is 59.4 Å². The maximum Gasteiger partial charge on any atom is 0.0625 e. The van der Waals surface area contributed by atoms with Crippen LogP contribution in [-0.2, 0) is 13.5 Å². The lowest BCUT2D eigenvalue weighted by atomic mass is 9.94. The topological polar surface area (TPSA) is 29.9 Å². The van der Waals surface area contributed by atoms with Crippen LogP contribution in [-0.4, -0.2) is 16.3 Å². The first kappa shape index (κ1) is 15.2. The van der Waals surface area contributed by atoms with Crippen LogP contribution in [0.1, 0.15) is 64.4 Å². The highest BCUT2D eigenvalue weighted by molar-refractivity contribution is 5.15. The lowest BCUT2D eigenvalue weighted by molar-refractivity contribution is 0.347. The first-order valence-corrected chi connectivity index (χ1v) is 7.40. The zero-order valence-electron chi connectivity index (χ0n) is 12.7. The van der Waals surface area contributed by atoms with E-state index in [4.69, 9.17) is 0 Å². The molecule has 0 fully saturated rings. The van der Waals surface area contributed by atoms with Gasteiger partial charge in [-0.15, -0.1) is 0 Å². The van der Waals surface area contributed by atoms with Crippen molar-refractivity contribution in [1.29, 1.82) is 0 Å². The van der Waals surface area contributed by atoms with Crippen molar-refractivity contribution >= 4 is 0 Å². The van der Waals surface area contributed by atoms with Gasteiger partial charge in [0, 0.05) is 7.05 Å². The molecule has 0 aliphatic heterocycles. The van der Waals surface area contributed by atoms with Crippen molar-refractivity contribution in [3.05, 3.63) is 17.5 Å². The highest BCUT2D eigenvalue weighted by atomic mass is 15.3. The number of hydrogen-bond acceptors (Lipinski definition) is 2. The van der Waals surface area contributed by atoms with Crippen LogP contribution in [0.2, 0.25) is 0 Å². The molecule has 0 radical (unpaired) electrons. The molecule has 0 bridgehead atoms. The third-order valence-electron chi connectivity index (χ3n) is 3.57. The second-order valence-electron chi connectivity index (χ2n) is 5.24. The Morgan fingerprint density at radius 2 is 2.00 bits per heavy atom. The second-order valence-corrected chi connectivity index (χ2v) is 5.24. The number of rotatable bonds is 8. The Morgan fingerprint density at radius 3 is 2.50 bits per heavy atom. The van der Waals surface area contributed by atoms with E-state index in [0.29, 0.717) is 12.0 Å². The molecule has 104 valence electrons. The predicted octanol–water partition coefficient (Wildman–Crippen LogP) is 3.46. The summed E-state index contributed by atoms with van der Waals surface area (Å²) in [5, 5.41) is 8.26. The molecule has 18 heavy (non-hydrogen) atoms. The lowest BCUT2D eigenvalue weighted by Crippen LogP contribution is -2.29. The van der Waals surface area contributed by atoms with E-state index in [1.54, 1.807) is 0 Å². The molecule has 0 aliphatic carbocycles. The fourth-order valence-corrected chi connectivity index (χ4v) is 2.53. The third-order valence-corrected chi connectivity index (χ3v) is 3.57. The Hall–Kier alpha value is -0.830. The summed E-state index contributed by atoms with van der Waals surface area (Å²) in [5.41, 5.74) is 2.53. The van der Waals surface area contributed by atoms with Gasteiger partial charge in [0.15, 0.2) is 0 Å². The van der Waals surface area contributed by atoms with E-state index in [9.17, 15) is 0 Å². The summed E-state index contributed by atoms with van der Waals surface area (Å²) in [6.45, 7) is 10.1. The highest BCUT2D eigenvalue weighted by Gasteiger charge is 2.21. The number of aromatic nitrogens is 2. The zero-order valence-corrected chi connectivity index (χ0v) is 12.7. The maximum atomic E-state index is 4.58. The minimum atomic E-state index is 0.433. The average molecular weight is 251 g/mol. The smallest absolute Gasteiger partial charge is 0.0625 e. The summed E-state index contributed by atoms with van der Waals surface area (Å²) in [7, 11) is 2.06. The first-order valence-electron chi connectivity index (χ1n) is 7.40.